The van der Waals surface area contributed by atoms with Crippen LogP contribution < -0.4 is 0 Å². The zero-order valence-electron chi connectivity index (χ0n) is 17.2. The zero-order chi connectivity index (χ0) is 21.8. The molecule has 6 N–H and O–H groups in total. The van der Waals surface area contributed by atoms with Gasteiger partial charge in [0.25, 0.3) is 0 Å². The van der Waals surface area contributed by atoms with Gasteiger partial charge in [0, 0.05) is 0 Å². The van der Waals surface area contributed by atoms with Crippen molar-refractivity contribution in [1.82, 2.24) is 0 Å². The van der Waals surface area contributed by atoms with Crippen molar-refractivity contribution in [1.29, 1.82) is 0 Å². The maximum absolute atomic E-state index is 8.88. The summed E-state index contributed by atoms with van der Waals surface area (Å²) in [5, 5.41) is 0. The molecule has 0 aliphatic rings. The highest BCUT2D eigenvalue weighted by atomic mass is 31.2. The molecular formula is C17H46O8P2. The maximum Gasteiger partial charge on any atom is 0.466 e. The molecule has 0 aromatic heterocycles. The molecule has 0 saturated carbocycles. The monoisotopic (exact) mass is 440 g/mol. The van der Waals surface area contributed by atoms with Crippen LogP contribution in [-0.2, 0) is 9.13 Å². The van der Waals surface area contributed by atoms with Crippen LogP contribution in [0.1, 0.15) is 100 Å². The average Bonchev–Trinajstić information content (AvgIpc) is 2.47. The Balaban J connectivity index is -0.0000000807. The van der Waals surface area contributed by atoms with Crippen molar-refractivity contribution in [3.63, 3.8) is 0 Å². The number of hydrogen-bond donors (Lipinski definition) is 6. The molecule has 0 heterocycles. The zero-order valence-corrected chi connectivity index (χ0v) is 19.0. The van der Waals surface area contributed by atoms with E-state index in [-0.39, 0.29) is 7.43 Å². The Kier molecular flexibility index (Phi) is 34.1. The Morgan fingerprint density at radius 2 is 0.815 bits per heavy atom. The summed E-state index contributed by atoms with van der Waals surface area (Å²) in [5.41, 5.74) is 0. The summed E-state index contributed by atoms with van der Waals surface area (Å²) >= 11 is 0. The molecule has 0 saturated heterocycles. The fourth-order valence-corrected chi connectivity index (χ4v) is 1.51. The predicted octanol–water partition coefficient (Wildman–Crippen LogP) is 5.22. The lowest BCUT2D eigenvalue weighted by molar-refractivity contribution is 0.272. The summed E-state index contributed by atoms with van der Waals surface area (Å²) in [6.07, 6.45) is 11.1. The quantitative estimate of drug-likeness (QED) is 0.280. The number of rotatable bonds is 8. The minimum absolute atomic E-state index is 0. The molecule has 172 valence electrons. The minimum atomic E-state index is -4.64. The van der Waals surface area contributed by atoms with Gasteiger partial charge in [-0.3, -0.25) is 0 Å². The summed E-state index contributed by atoms with van der Waals surface area (Å²) in [7, 11) is -9.28. The molecule has 2 atom stereocenters. The lowest BCUT2D eigenvalue weighted by atomic mass is 10.0. The molecule has 0 aliphatic carbocycles. The SMILES string of the molecule is C.CCCCC(C)CC.CCCCC(C)CC.O=P(O)(O)O.O=P(O)(O)O. The van der Waals surface area contributed by atoms with E-state index in [1.807, 2.05) is 0 Å². The van der Waals surface area contributed by atoms with Crippen molar-refractivity contribution in [2.45, 2.75) is 100 Å². The van der Waals surface area contributed by atoms with Crippen LogP contribution in [0.5, 0.6) is 0 Å². The van der Waals surface area contributed by atoms with Crippen molar-refractivity contribution in [3.05, 3.63) is 0 Å². The number of hydrogen-bond acceptors (Lipinski definition) is 2. The Morgan fingerprint density at radius 1 is 0.630 bits per heavy atom. The van der Waals surface area contributed by atoms with Gasteiger partial charge in [-0.2, -0.15) is 0 Å². The summed E-state index contributed by atoms with van der Waals surface area (Å²) in [4.78, 5) is 43.1. The van der Waals surface area contributed by atoms with E-state index in [1.165, 1.54) is 51.4 Å². The van der Waals surface area contributed by atoms with Crippen LogP contribution in [0, 0.1) is 11.8 Å². The van der Waals surface area contributed by atoms with Crippen molar-refractivity contribution in [3.8, 4) is 0 Å². The summed E-state index contributed by atoms with van der Waals surface area (Å²) in [6, 6.07) is 0. The second kappa shape index (κ2) is 24.3. The summed E-state index contributed by atoms with van der Waals surface area (Å²) in [6.45, 7) is 13.7. The van der Waals surface area contributed by atoms with Crippen LogP contribution in [0.4, 0.5) is 0 Å². The first kappa shape index (κ1) is 37.9. The van der Waals surface area contributed by atoms with Crippen LogP contribution in [0.2, 0.25) is 0 Å². The third-order valence-corrected chi connectivity index (χ3v) is 3.49. The van der Waals surface area contributed by atoms with Crippen LogP contribution >= 0.6 is 15.6 Å². The summed E-state index contributed by atoms with van der Waals surface area (Å²) in [5.74, 6) is 1.91. The van der Waals surface area contributed by atoms with E-state index in [2.05, 4.69) is 41.5 Å². The molecule has 0 rings (SSSR count). The Labute approximate surface area is 166 Å². The molecule has 0 radical (unpaired) electrons. The van der Waals surface area contributed by atoms with Gasteiger partial charge in [-0.25, -0.2) is 9.13 Å². The molecular weight excluding hydrogens is 394 g/mol. The Morgan fingerprint density at radius 3 is 0.926 bits per heavy atom. The molecule has 0 aromatic carbocycles. The van der Waals surface area contributed by atoms with Gasteiger partial charge in [-0.15, -0.1) is 0 Å². The molecule has 0 spiro atoms. The Bertz CT molecular complexity index is 304. The van der Waals surface area contributed by atoms with E-state index in [4.69, 9.17) is 38.5 Å². The Hall–Kier alpha value is 0.220. The third kappa shape index (κ3) is 103. The molecule has 10 heteroatoms. The van der Waals surface area contributed by atoms with Crippen LogP contribution in [0.15, 0.2) is 0 Å². The molecule has 0 bridgehead atoms. The topological polar surface area (TPSA) is 156 Å². The fourth-order valence-electron chi connectivity index (χ4n) is 1.51. The second-order valence-electron chi connectivity index (χ2n) is 6.34. The molecule has 0 aliphatic heterocycles. The van der Waals surface area contributed by atoms with Crippen molar-refractivity contribution >= 4 is 15.6 Å². The molecule has 8 nitrogen and oxygen atoms in total. The van der Waals surface area contributed by atoms with Crippen LogP contribution in [-0.4, -0.2) is 29.4 Å². The van der Waals surface area contributed by atoms with Gasteiger partial charge in [0.2, 0.25) is 0 Å². The highest BCUT2D eigenvalue weighted by Gasteiger charge is 2.00. The standard InChI is InChI=1S/2C8H18.CH4.2H3O4P/c2*1-4-6-7-8(3)5-2;;2*1-5(2,3)4/h2*8H,4-7H2,1-3H3;1H4;2*(H3,1,2,3,4). The largest absolute Gasteiger partial charge is 0.466 e. The van der Waals surface area contributed by atoms with Gasteiger partial charge in [0.05, 0.1) is 0 Å². The van der Waals surface area contributed by atoms with Crippen molar-refractivity contribution in [2.24, 2.45) is 11.8 Å². The van der Waals surface area contributed by atoms with E-state index < -0.39 is 15.6 Å². The normalized spacial score (nSPS) is 12.6. The average molecular weight is 440 g/mol. The maximum atomic E-state index is 8.88. The number of unbranched alkanes of at least 4 members (excludes halogenated alkanes) is 2. The van der Waals surface area contributed by atoms with Gasteiger partial charge in [0.1, 0.15) is 0 Å². The highest BCUT2D eigenvalue weighted by Crippen LogP contribution is 2.26. The molecule has 0 fully saturated rings. The van der Waals surface area contributed by atoms with E-state index in [0.29, 0.717) is 0 Å². The number of phosphoric acid groups is 2. The lowest BCUT2D eigenvalue weighted by Crippen LogP contribution is -1.89. The summed E-state index contributed by atoms with van der Waals surface area (Å²) < 4.78 is 17.8. The van der Waals surface area contributed by atoms with Crippen molar-refractivity contribution < 1.29 is 38.5 Å². The van der Waals surface area contributed by atoms with E-state index in [9.17, 15) is 0 Å². The fraction of sp³-hybridized carbons (Fsp3) is 1.00. The first-order chi connectivity index (χ1) is 11.6. The molecule has 27 heavy (non-hydrogen) atoms. The van der Waals surface area contributed by atoms with Crippen molar-refractivity contribution in [2.75, 3.05) is 0 Å². The smallest absolute Gasteiger partial charge is 0.303 e. The van der Waals surface area contributed by atoms with Gasteiger partial charge in [0.15, 0.2) is 0 Å². The second-order valence-corrected chi connectivity index (χ2v) is 8.39. The predicted molar refractivity (Wildman–Crippen MR) is 113 cm³/mol. The van der Waals surface area contributed by atoms with E-state index in [1.54, 1.807) is 0 Å². The molecule has 0 amide bonds. The van der Waals surface area contributed by atoms with Crippen LogP contribution in [0.25, 0.3) is 0 Å². The van der Waals surface area contributed by atoms with Crippen LogP contribution in [0.3, 0.4) is 0 Å². The first-order valence-corrected chi connectivity index (χ1v) is 12.3. The van der Waals surface area contributed by atoms with Gasteiger partial charge in [-0.05, 0) is 11.8 Å². The first-order valence-electron chi connectivity index (χ1n) is 9.18. The minimum Gasteiger partial charge on any atom is -0.303 e. The van der Waals surface area contributed by atoms with E-state index in [0.717, 1.165) is 11.8 Å². The molecule has 2 unspecified atom stereocenters. The molecule has 0 aromatic rings. The van der Waals surface area contributed by atoms with Gasteiger partial charge >= 0.3 is 15.6 Å². The third-order valence-electron chi connectivity index (χ3n) is 3.49. The van der Waals surface area contributed by atoms with Gasteiger partial charge < -0.3 is 29.4 Å². The highest BCUT2D eigenvalue weighted by molar-refractivity contribution is 7.45. The van der Waals surface area contributed by atoms with E-state index >= 15 is 0 Å². The lowest BCUT2D eigenvalue weighted by Gasteiger charge is -2.04. The van der Waals surface area contributed by atoms with Gasteiger partial charge in [-0.1, -0.05) is 100 Å².